The Morgan fingerprint density at radius 2 is 2.04 bits per heavy atom. The monoisotopic (exact) mass is 351 g/mol. The minimum absolute atomic E-state index is 0.0849. The van der Waals surface area contributed by atoms with Crippen molar-refractivity contribution in [3.63, 3.8) is 0 Å². The molecule has 1 fully saturated rings. The van der Waals surface area contributed by atoms with Crippen LogP contribution in [0.3, 0.4) is 0 Å². The number of primary sulfonamides is 1. The number of nitrogens with two attached hydrogens (primary N) is 1. The van der Waals surface area contributed by atoms with E-state index in [0.717, 1.165) is 19.0 Å². The first-order chi connectivity index (χ1) is 11.3. The van der Waals surface area contributed by atoms with Crippen molar-refractivity contribution in [2.75, 3.05) is 13.1 Å². The van der Waals surface area contributed by atoms with Gasteiger partial charge >= 0.3 is 11.8 Å². The first kappa shape index (κ1) is 16.5. The topological polar surface area (TPSA) is 132 Å². The predicted octanol–water partition coefficient (Wildman–Crippen LogP) is 0.651. The van der Waals surface area contributed by atoms with E-state index in [4.69, 9.17) is 9.66 Å². The van der Waals surface area contributed by atoms with Crippen LogP contribution in [0.1, 0.15) is 30.5 Å². The lowest BCUT2D eigenvalue weighted by Gasteiger charge is -2.28. The summed E-state index contributed by atoms with van der Waals surface area (Å²) in [6.07, 6.45) is 4.37. The van der Waals surface area contributed by atoms with Crippen LogP contribution in [0.4, 0.5) is 0 Å². The molecule has 10 heteroatoms. The molecule has 2 N–H and O–H groups in total. The molecule has 0 bridgehead atoms. The van der Waals surface area contributed by atoms with E-state index in [-0.39, 0.29) is 22.5 Å². The predicted molar refractivity (Wildman–Crippen MR) is 83.2 cm³/mol. The Morgan fingerprint density at radius 1 is 1.33 bits per heavy atom. The van der Waals surface area contributed by atoms with Gasteiger partial charge in [-0.25, -0.2) is 13.6 Å². The first-order valence-corrected chi connectivity index (χ1v) is 9.00. The van der Waals surface area contributed by atoms with E-state index in [1.54, 1.807) is 4.90 Å². The molecular formula is C14H17N5O4S. The maximum absolute atomic E-state index is 12.4. The summed E-state index contributed by atoms with van der Waals surface area (Å²) >= 11 is 0. The number of hydrogen-bond acceptors (Lipinski definition) is 7. The van der Waals surface area contributed by atoms with Crippen LogP contribution in [0.2, 0.25) is 0 Å². The second kappa shape index (κ2) is 6.29. The van der Waals surface area contributed by atoms with E-state index < -0.39 is 10.0 Å². The van der Waals surface area contributed by atoms with E-state index in [0.29, 0.717) is 24.6 Å². The zero-order chi connectivity index (χ0) is 17.3. The molecule has 2 aromatic rings. The molecule has 2 aromatic heterocycles. The molecule has 1 saturated heterocycles. The number of nitrogens with zero attached hydrogens (tertiary/aromatic N) is 4. The van der Waals surface area contributed by atoms with E-state index in [1.807, 2.05) is 0 Å². The van der Waals surface area contributed by atoms with Gasteiger partial charge in [-0.15, -0.1) is 0 Å². The Morgan fingerprint density at radius 3 is 2.71 bits per heavy atom. The third-order valence-electron chi connectivity index (χ3n) is 3.98. The van der Waals surface area contributed by atoms with E-state index >= 15 is 0 Å². The van der Waals surface area contributed by atoms with Crippen LogP contribution in [0.15, 0.2) is 27.9 Å². The summed E-state index contributed by atoms with van der Waals surface area (Å²) in [5.74, 6) is 0.234. The first-order valence-electron chi connectivity index (χ1n) is 7.46. The number of hydrogen-bond donors (Lipinski definition) is 1. The maximum atomic E-state index is 12.4. The summed E-state index contributed by atoms with van der Waals surface area (Å²) < 4.78 is 27.8. The Labute approximate surface area is 138 Å². The Hall–Kier alpha value is -2.33. The van der Waals surface area contributed by atoms with Crippen LogP contribution >= 0.6 is 0 Å². The quantitative estimate of drug-likeness (QED) is 0.858. The summed E-state index contributed by atoms with van der Waals surface area (Å²) in [6, 6.07) is 1.28. The number of aromatic nitrogens is 3. The van der Waals surface area contributed by atoms with Crippen LogP contribution in [0.5, 0.6) is 0 Å². The Bertz CT molecular complexity index is 856. The molecule has 1 aliphatic heterocycles. The van der Waals surface area contributed by atoms with Crippen molar-refractivity contribution in [3.8, 4) is 11.4 Å². The van der Waals surface area contributed by atoms with Gasteiger partial charge < -0.3 is 9.42 Å². The lowest BCUT2D eigenvalue weighted by atomic mass is 9.99. The Kier molecular flexibility index (Phi) is 4.33. The highest BCUT2D eigenvalue weighted by Crippen LogP contribution is 2.20. The molecule has 0 aliphatic carbocycles. The molecular weight excluding hydrogens is 334 g/mol. The number of sulfonamides is 1. The average molecular weight is 351 g/mol. The van der Waals surface area contributed by atoms with E-state index in [9.17, 15) is 13.2 Å². The second-order valence-electron chi connectivity index (χ2n) is 5.85. The van der Waals surface area contributed by atoms with Gasteiger partial charge in [0.15, 0.2) is 0 Å². The molecule has 9 nitrogen and oxygen atoms in total. The smallest absolute Gasteiger partial charge is 0.316 e. The fourth-order valence-corrected chi connectivity index (χ4v) is 2.97. The van der Waals surface area contributed by atoms with Crippen LogP contribution in [0.25, 0.3) is 11.4 Å². The fourth-order valence-electron chi connectivity index (χ4n) is 2.47. The van der Waals surface area contributed by atoms with Crippen molar-refractivity contribution in [3.05, 3.63) is 24.4 Å². The lowest BCUT2D eigenvalue weighted by molar-refractivity contribution is 0.0647. The molecule has 0 atom stereocenters. The second-order valence-corrected chi connectivity index (χ2v) is 7.41. The molecule has 1 amide bonds. The molecule has 0 spiro atoms. The summed E-state index contributed by atoms with van der Waals surface area (Å²) in [7, 11) is -3.89. The highest BCUT2D eigenvalue weighted by Gasteiger charge is 2.26. The zero-order valence-corrected chi connectivity index (χ0v) is 13.9. The maximum Gasteiger partial charge on any atom is 0.316 e. The van der Waals surface area contributed by atoms with Crippen LogP contribution < -0.4 is 5.14 Å². The molecule has 0 aromatic carbocycles. The largest absolute Gasteiger partial charge is 0.334 e. The third kappa shape index (κ3) is 3.44. The summed E-state index contributed by atoms with van der Waals surface area (Å²) in [4.78, 5) is 21.7. The molecule has 0 unspecified atom stereocenters. The van der Waals surface area contributed by atoms with Crippen molar-refractivity contribution >= 4 is 15.9 Å². The highest BCUT2D eigenvalue weighted by atomic mass is 32.2. The van der Waals surface area contributed by atoms with Crippen molar-refractivity contribution in [2.45, 2.75) is 24.7 Å². The molecule has 128 valence electrons. The molecule has 1 aliphatic rings. The molecule has 0 saturated carbocycles. The fraction of sp³-hybridized carbons (Fsp3) is 0.429. The molecule has 24 heavy (non-hydrogen) atoms. The lowest BCUT2D eigenvalue weighted by Crippen LogP contribution is -2.38. The number of amides is 1. The number of carbonyl (C=O) groups excluding carboxylic acids is 1. The van der Waals surface area contributed by atoms with Gasteiger partial charge in [0, 0.05) is 31.0 Å². The van der Waals surface area contributed by atoms with Gasteiger partial charge in [0.1, 0.15) is 4.90 Å². The highest BCUT2D eigenvalue weighted by molar-refractivity contribution is 7.89. The van der Waals surface area contributed by atoms with Gasteiger partial charge in [0.25, 0.3) is 0 Å². The summed E-state index contributed by atoms with van der Waals surface area (Å²) in [6.45, 7) is 3.46. The number of pyridine rings is 1. The minimum Gasteiger partial charge on any atom is -0.334 e. The molecule has 0 radical (unpaired) electrons. The van der Waals surface area contributed by atoms with Crippen molar-refractivity contribution in [2.24, 2.45) is 11.1 Å². The van der Waals surface area contributed by atoms with Crippen molar-refractivity contribution in [1.29, 1.82) is 0 Å². The van der Waals surface area contributed by atoms with E-state index in [1.165, 1.54) is 12.3 Å². The van der Waals surface area contributed by atoms with Gasteiger partial charge in [-0.05, 0) is 24.8 Å². The van der Waals surface area contributed by atoms with Gasteiger partial charge in [0.2, 0.25) is 15.8 Å². The van der Waals surface area contributed by atoms with Crippen LogP contribution in [-0.4, -0.2) is 47.4 Å². The summed E-state index contributed by atoms with van der Waals surface area (Å²) in [5.41, 5.74) is 0.302. The standard InChI is InChI=1S/C14H17N5O4S/c1-9-2-4-19(5-3-9)14(20)13-17-12(18-23-13)10-6-11(8-16-7-10)24(15,21)22/h6-9H,2-5H2,1H3,(H2,15,21,22). The number of rotatable bonds is 3. The van der Waals surface area contributed by atoms with Gasteiger partial charge in [-0.1, -0.05) is 12.1 Å². The average Bonchev–Trinajstić information content (AvgIpc) is 3.04. The number of likely N-dealkylation sites (tertiary alicyclic amines) is 1. The zero-order valence-electron chi connectivity index (χ0n) is 13.0. The van der Waals surface area contributed by atoms with Gasteiger partial charge in [-0.3, -0.25) is 9.78 Å². The molecule has 3 heterocycles. The summed E-state index contributed by atoms with van der Waals surface area (Å²) in [5, 5.41) is 8.80. The van der Waals surface area contributed by atoms with Crippen molar-refractivity contribution < 1.29 is 17.7 Å². The normalized spacial score (nSPS) is 16.3. The SMILES string of the molecule is CC1CCN(C(=O)c2nc(-c3cncc(S(N)(=O)=O)c3)no2)CC1. The van der Waals surface area contributed by atoms with E-state index in [2.05, 4.69) is 22.0 Å². The number of carbonyl (C=O) groups is 1. The number of piperidine rings is 1. The molecule has 3 rings (SSSR count). The minimum atomic E-state index is -3.89. The van der Waals surface area contributed by atoms with Gasteiger partial charge in [0.05, 0.1) is 0 Å². The van der Waals surface area contributed by atoms with Crippen molar-refractivity contribution in [1.82, 2.24) is 20.0 Å². The van der Waals surface area contributed by atoms with Crippen LogP contribution in [-0.2, 0) is 10.0 Å². The Balaban J connectivity index is 1.82. The van der Waals surface area contributed by atoms with Crippen LogP contribution in [0, 0.1) is 5.92 Å². The third-order valence-corrected chi connectivity index (χ3v) is 4.86. The van der Waals surface area contributed by atoms with Gasteiger partial charge in [-0.2, -0.15) is 4.98 Å².